The van der Waals surface area contributed by atoms with Gasteiger partial charge in [-0.05, 0) is 35.7 Å². The van der Waals surface area contributed by atoms with Gasteiger partial charge in [0.2, 0.25) is 0 Å². The average molecular weight is 358 g/mol. The molecule has 0 radical (unpaired) electrons. The summed E-state index contributed by atoms with van der Waals surface area (Å²) in [5.41, 5.74) is 0.818. The molecule has 2 heterocycles. The van der Waals surface area contributed by atoms with Crippen molar-refractivity contribution < 1.29 is 9.18 Å². The van der Waals surface area contributed by atoms with Gasteiger partial charge in [-0.2, -0.15) is 5.10 Å². The first-order valence-electron chi connectivity index (χ1n) is 7.54. The van der Waals surface area contributed by atoms with Crippen LogP contribution in [-0.2, 0) is 6.54 Å². The van der Waals surface area contributed by atoms with E-state index in [-0.39, 0.29) is 18.6 Å². The number of benzene rings is 1. The lowest BCUT2D eigenvalue weighted by atomic mass is 10.3. The van der Waals surface area contributed by atoms with Gasteiger partial charge in [0.15, 0.2) is 0 Å². The molecule has 0 aliphatic heterocycles. The largest absolute Gasteiger partial charge is 0.336 e. The van der Waals surface area contributed by atoms with E-state index < -0.39 is 11.8 Å². The summed E-state index contributed by atoms with van der Waals surface area (Å²) in [5, 5.41) is 11.4. The van der Waals surface area contributed by atoms with Gasteiger partial charge < -0.3 is 10.6 Å². The maximum absolute atomic E-state index is 13.1. The van der Waals surface area contributed by atoms with Gasteiger partial charge in [-0.15, -0.1) is 11.3 Å². The van der Waals surface area contributed by atoms with Gasteiger partial charge >= 0.3 is 6.03 Å². The fraction of sp³-hybridized carbons (Fsp3) is 0.118. The van der Waals surface area contributed by atoms with Gasteiger partial charge in [-0.25, -0.2) is 13.9 Å². The predicted octanol–water partition coefficient (Wildman–Crippen LogP) is 2.93. The molecule has 3 aromatic rings. The van der Waals surface area contributed by atoms with Gasteiger partial charge in [-0.1, -0.05) is 12.1 Å². The molecule has 8 heteroatoms. The Labute approximate surface area is 146 Å². The molecular formula is C17H15FN4O2S. The van der Waals surface area contributed by atoms with E-state index >= 15 is 0 Å². The highest BCUT2D eigenvalue weighted by atomic mass is 32.1. The van der Waals surface area contributed by atoms with Crippen LogP contribution >= 0.6 is 11.3 Å². The molecule has 0 fully saturated rings. The number of urea groups is 1. The van der Waals surface area contributed by atoms with Gasteiger partial charge in [0.05, 0.1) is 11.4 Å². The molecule has 0 saturated heterocycles. The number of amides is 2. The highest BCUT2D eigenvalue weighted by Crippen LogP contribution is 2.20. The van der Waals surface area contributed by atoms with E-state index in [0.29, 0.717) is 11.4 Å². The second-order valence-corrected chi connectivity index (χ2v) is 6.10. The Morgan fingerprint density at radius 3 is 2.84 bits per heavy atom. The van der Waals surface area contributed by atoms with Crippen LogP contribution in [0.2, 0.25) is 0 Å². The van der Waals surface area contributed by atoms with E-state index in [0.717, 1.165) is 4.88 Å². The number of thiophene rings is 1. The summed E-state index contributed by atoms with van der Waals surface area (Å²) in [6.45, 7) is 0.441. The maximum Gasteiger partial charge on any atom is 0.319 e. The topological polar surface area (TPSA) is 76.0 Å². The summed E-state index contributed by atoms with van der Waals surface area (Å²) >= 11 is 1.53. The molecule has 6 nitrogen and oxygen atoms in total. The molecule has 0 unspecified atom stereocenters. The van der Waals surface area contributed by atoms with Crippen molar-refractivity contribution in [2.75, 3.05) is 11.9 Å². The molecule has 1 aromatic carbocycles. The third-order valence-electron chi connectivity index (χ3n) is 3.33. The molecule has 0 atom stereocenters. The highest BCUT2D eigenvalue weighted by molar-refractivity contribution is 7.13. The molecule has 2 aromatic heterocycles. The number of hydrogen-bond donors (Lipinski definition) is 2. The van der Waals surface area contributed by atoms with E-state index in [2.05, 4.69) is 15.7 Å². The second kappa shape index (κ2) is 7.71. The van der Waals surface area contributed by atoms with Crippen molar-refractivity contribution in [3.63, 3.8) is 0 Å². The fourth-order valence-corrected chi connectivity index (χ4v) is 2.87. The van der Waals surface area contributed by atoms with Crippen LogP contribution in [0, 0.1) is 5.82 Å². The molecule has 25 heavy (non-hydrogen) atoms. The number of rotatable bonds is 5. The monoisotopic (exact) mass is 358 g/mol. The first-order valence-corrected chi connectivity index (χ1v) is 8.42. The maximum atomic E-state index is 13.1. The molecule has 128 valence electrons. The van der Waals surface area contributed by atoms with Crippen LogP contribution in [0.1, 0.15) is 0 Å². The SMILES string of the molecule is O=C(NCCn1nc(-c2cccs2)ccc1=O)Nc1cccc(F)c1. The lowest BCUT2D eigenvalue weighted by molar-refractivity contribution is 0.251. The predicted molar refractivity (Wildman–Crippen MR) is 95.2 cm³/mol. The summed E-state index contributed by atoms with van der Waals surface area (Å²) in [5.74, 6) is -0.432. The van der Waals surface area contributed by atoms with Gasteiger partial charge in [-0.3, -0.25) is 4.79 Å². The summed E-state index contributed by atoms with van der Waals surface area (Å²) in [7, 11) is 0. The van der Waals surface area contributed by atoms with E-state index in [1.165, 1.54) is 40.3 Å². The molecule has 0 spiro atoms. The van der Waals surface area contributed by atoms with Crippen molar-refractivity contribution in [2.24, 2.45) is 0 Å². The Kier molecular flexibility index (Phi) is 5.20. The zero-order valence-corrected chi connectivity index (χ0v) is 13.9. The normalized spacial score (nSPS) is 10.4. The molecule has 0 aliphatic carbocycles. The number of halogens is 1. The molecular weight excluding hydrogens is 343 g/mol. The van der Waals surface area contributed by atoms with Crippen molar-refractivity contribution in [3.8, 4) is 10.6 Å². The van der Waals surface area contributed by atoms with Gasteiger partial charge in [0.1, 0.15) is 11.5 Å². The Morgan fingerprint density at radius 1 is 1.20 bits per heavy atom. The molecule has 0 aliphatic rings. The lowest BCUT2D eigenvalue weighted by Gasteiger charge is -2.09. The second-order valence-electron chi connectivity index (χ2n) is 5.15. The Bertz CT molecular complexity index is 924. The van der Waals surface area contributed by atoms with Crippen molar-refractivity contribution in [1.29, 1.82) is 0 Å². The van der Waals surface area contributed by atoms with Crippen LogP contribution in [0.4, 0.5) is 14.9 Å². The minimum Gasteiger partial charge on any atom is -0.336 e. The molecule has 0 saturated carbocycles. The van der Waals surface area contributed by atoms with Crippen LogP contribution in [0.5, 0.6) is 0 Å². The van der Waals surface area contributed by atoms with E-state index in [1.807, 2.05) is 17.5 Å². The number of nitrogens with one attached hydrogen (secondary N) is 2. The smallest absolute Gasteiger partial charge is 0.319 e. The van der Waals surface area contributed by atoms with Crippen LogP contribution in [0.25, 0.3) is 10.6 Å². The number of nitrogens with zero attached hydrogens (tertiary/aromatic N) is 2. The van der Waals surface area contributed by atoms with E-state index in [4.69, 9.17) is 0 Å². The summed E-state index contributed by atoms with van der Waals surface area (Å²) in [4.78, 5) is 24.6. The Morgan fingerprint density at radius 2 is 2.08 bits per heavy atom. The minimum absolute atomic E-state index is 0.210. The molecule has 2 N–H and O–H groups in total. The van der Waals surface area contributed by atoms with Crippen molar-refractivity contribution in [3.05, 3.63) is 70.1 Å². The van der Waals surface area contributed by atoms with Crippen LogP contribution < -0.4 is 16.2 Å². The molecule has 3 rings (SSSR count). The fourth-order valence-electron chi connectivity index (χ4n) is 2.18. The zero-order valence-electron chi connectivity index (χ0n) is 13.1. The van der Waals surface area contributed by atoms with Crippen molar-refractivity contribution >= 4 is 23.1 Å². The van der Waals surface area contributed by atoms with Crippen LogP contribution in [0.15, 0.2) is 58.7 Å². The van der Waals surface area contributed by atoms with E-state index in [1.54, 1.807) is 12.1 Å². The third-order valence-corrected chi connectivity index (χ3v) is 4.22. The minimum atomic E-state index is -0.479. The van der Waals surface area contributed by atoms with Gasteiger partial charge in [0, 0.05) is 18.3 Å². The number of carbonyl (C=O) groups excluding carboxylic acids is 1. The number of aromatic nitrogens is 2. The summed E-state index contributed by atoms with van der Waals surface area (Å²) in [6, 6.07) is 12.1. The standard InChI is InChI=1S/C17H15FN4O2S/c18-12-3-1-4-13(11-12)20-17(24)19-8-9-22-16(23)7-6-14(21-22)15-5-2-10-25-15/h1-7,10-11H,8-9H2,(H2,19,20,24). The Hall–Kier alpha value is -3.00. The molecule has 0 bridgehead atoms. The van der Waals surface area contributed by atoms with Crippen LogP contribution in [-0.4, -0.2) is 22.4 Å². The average Bonchev–Trinajstić information content (AvgIpc) is 3.11. The number of carbonyl (C=O) groups is 1. The summed E-state index contributed by atoms with van der Waals surface area (Å²) in [6.07, 6.45) is 0. The van der Waals surface area contributed by atoms with Crippen molar-refractivity contribution in [2.45, 2.75) is 6.54 Å². The third kappa shape index (κ3) is 4.51. The Balaban J connectivity index is 1.57. The quantitative estimate of drug-likeness (QED) is 0.736. The zero-order chi connectivity index (χ0) is 17.6. The van der Waals surface area contributed by atoms with Gasteiger partial charge in [0.25, 0.3) is 5.56 Å². The van der Waals surface area contributed by atoms with E-state index in [9.17, 15) is 14.0 Å². The van der Waals surface area contributed by atoms with Crippen LogP contribution in [0.3, 0.4) is 0 Å². The number of anilines is 1. The van der Waals surface area contributed by atoms with Crippen molar-refractivity contribution in [1.82, 2.24) is 15.1 Å². The summed E-state index contributed by atoms with van der Waals surface area (Å²) < 4.78 is 14.4. The molecule has 2 amide bonds. The first kappa shape index (κ1) is 16.8. The first-order chi connectivity index (χ1) is 12.1. The number of hydrogen-bond acceptors (Lipinski definition) is 4. The highest BCUT2D eigenvalue weighted by Gasteiger charge is 2.06. The lowest BCUT2D eigenvalue weighted by Crippen LogP contribution is -2.34.